The molecule has 0 heterocycles. The first-order valence-corrected chi connectivity index (χ1v) is 14.5. The van der Waals surface area contributed by atoms with Gasteiger partial charge < -0.3 is 9.47 Å². The van der Waals surface area contributed by atoms with Crippen LogP contribution in [0.15, 0.2) is 91.0 Å². The molecular weight excluding hydrogens is 548 g/mol. The number of hydrogen-bond acceptors (Lipinski definition) is 5. The maximum atomic E-state index is 14.5. The van der Waals surface area contributed by atoms with Gasteiger partial charge in [0.25, 0.3) is 0 Å². The van der Waals surface area contributed by atoms with E-state index in [0.717, 1.165) is 49.7 Å². The van der Waals surface area contributed by atoms with Gasteiger partial charge in [0, 0.05) is 24.5 Å². The molecule has 4 aromatic rings. The van der Waals surface area contributed by atoms with Crippen LogP contribution < -0.4 is 9.47 Å². The zero-order valence-corrected chi connectivity index (χ0v) is 23.9. The molecule has 5 nitrogen and oxygen atoms in total. The Kier molecular flexibility index (Phi) is 11.6. The number of hydrogen-bond donors (Lipinski definition) is 0. The minimum absolute atomic E-state index is 0.145. The van der Waals surface area contributed by atoms with Crippen molar-refractivity contribution >= 4 is 11.9 Å². The van der Waals surface area contributed by atoms with Crippen molar-refractivity contribution in [1.82, 2.24) is 0 Å². The lowest BCUT2D eigenvalue weighted by Gasteiger charge is -2.08. The van der Waals surface area contributed by atoms with Crippen molar-refractivity contribution < 1.29 is 27.8 Å². The zero-order chi connectivity index (χ0) is 30.4. The van der Waals surface area contributed by atoms with Gasteiger partial charge in [-0.15, -0.1) is 0 Å². The standard InChI is InChI=1S/C36H33F2NO4/c37-30-18-14-29(15-19-30)33-23-22-32(24-34(33)38)43-36(41)9-7-5-3-1-2-4-6-8-35(40)42-31-20-16-28(17-21-31)27-12-10-26(25-39)11-13-27/h10-24H,1-9H2. The minimum atomic E-state index is -0.542. The van der Waals surface area contributed by atoms with Gasteiger partial charge in [-0.2, -0.15) is 5.26 Å². The molecule has 0 aliphatic carbocycles. The summed E-state index contributed by atoms with van der Waals surface area (Å²) in [7, 11) is 0. The Balaban J connectivity index is 1.04. The van der Waals surface area contributed by atoms with E-state index in [1.807, 2.05) is 24.3 Å². The summed E-state index contributed by atoms with van der Waals surface area (Å²) in [5, 5.41) is 8.92. The number of benzene rings is 4. The van der Waals surface area contributed by atoms with Gasteiger partial charge in [-0.25, -0.2) is 8.78 Å². The van der Waals surface area contributed by atoms with Crippen molar-refractivity contribution in [2.24, 2.45) is 0 Å². The number of ether oxygens (including phenoxy) is 2. The summed E-state index contributed by atoms with van der Waals surface area (Å²) >= 11 is 0. The van der Waals surface area contributed by atoms with Crippen molar-refractivity contribution in [2.45, 2.75) is 57.8 Å². The normalized spacial score (nSPS) is 10.6. The van der Waals surface area contributed by atoms with Crippen LogP contribution in [0.3, 0.4) is 0 Å². The van der Waals surface area contributed by atoms with Crippen molar-refractivity contribution in [3.63, 3.8) is 0 Å². The van der Waals surface area contributed by atoms with Crippen molar-refractivity contribution in [3.8, 4) is 39.8 Å². The summed E-state index contributed by atoms with van der Waals surface area (Å²) < 4.78 is 38.3. The molecule has 0 N–H and O–H groups in total. The van der Waals surface area contributed by atoms with Gasteiger partial charge in [0.2, 0.25) is 0 Å². The number of rotatable bonds is 14. The summed E-state index contributed by atoms with van der Waals surface area (Å²) in [6.45, 7) is 0. The van der Waals surface area contributed by atoms with Crippen LogP contribution in [0.25, 0.3) is 22.3 Å². The van der Waals surface area contributed by atoms with Crippen molar-refractivity contribution in [1.29, 1.82) is 5.26 Å². The van der Waals surface area contributed by atoms with Gasteiger partial charge in [0.15, 0.2) is 0 Å². The maximum absolute atomic E-state index is 14.5. The number of esters is 2. The molecule has 0 spiro atoms. The predicted molar refractivity (Wildman–Crippen MR) is 161 cm³/mol. The smallest absolute Gasteiger partial charge is 0.311 e. The minimum Gasteiger partial charge on any atom is -0.427 e. The van der Waals surface area contributed by atoms with E-state index in [1.54, 1.807) is 24.3 Å². The highest BCUT2D eigenvalue weighted by atomic mass is 19.1. The summed E-state index contributed by atoms with van der Waals surface area (Å²) in [6.07, 6.45) is 6.84. The largest absolute Gasteiger partial charge is 0.427 e. The van der Waals surface area contributed by atoms with E-state index >= 15 is 0 Å². The molecule has 0 radical (unpaired) electrons. The van der Waals surface area contributed by atoms with E-state index in [2.05, 4.69) is 6.07 Å². The second-order valence-corrected chi connectivity index (χ2v) is 10.3. The van der Waals surface area contributed by atoms with Gasteiger partial charge in [0.1, 0.15) is 23.1 Å². The van der Waals surface area contributed by atoms with E-state index in [1.165, 1.54) is 42.5 Å². The second-order valence-electron chi connectivity index (χ2n) is 10.3. The summed E-state index contributed by atoms with van der Waals surface area (Å²) in [5.74, 6) is -0.945. The van der Waals surface area contributed by atoms with E-state index < -0.39 is 17.6 Å². The van der Waals surface area contributed by atoms with Crippen molar-refractivity contribution in [3.05, 3.63) is 108 Å². The van der Waals surface area contributed by atoms with Crippen molar-refractivity contribution in [2.75, 3.05) is 0 Å². The lowest BCUT2D eigenvalue weighted by Crippen LogP contribution is -2.08. The highest BCUT2D eigenvalue weighted by Crippen LogP contribution is 2.27. The number of unbranched alkanes of at least 4 members (excludes halogenated alkanes) is 6. The highest BCUT2D eigenvalue weighted by molar-refractivity contribution is 5.74. The van der Waals surface area contributed by atoms with Gasteiger partial charge in [0.05, 0.1) is 11.6 Å². The third kappa shape index (κ3) is 9.89. The van der Waals surface area contributed by atoms with Crippen LogP contribution in [0.5, 0.6) is 11.5 Å². The van der Waals surface area contributed by atoms with Crippen LogP contribution in [0.4, 0.5) is 8.78 Å². The fourth-order valence-corrected chi connectivity index (χ4v) is 4.66. The van der Waals surface area contributed by atoms with E-state index in [4.69, 9.17) is 14.7 Å². The Hall–Kier alpha value is -4.83. The lowest BCUT2D eigenvalue weighted by molar-refractivity contribution is -0.135. The molecule has 0 aliphatic heterocycles. The Bertz CT molecular complexity index is 1540. The first-order chi connectivity index (χ1) is 20.9. The summed E-state index contributed by atoms with van der Waals surface area (Å²) in [5.41, 5.74) is 3.42. The lowest BCUT2D eigenvalue weighted by atomic mass is 10.0. The molecule has 220 valence electrons. The number of nitrogens with zero attached hydrogens (tertiary/aromatic N) is 1. The topological polar surface area (TPSA) is 76.4 Å². The fraction of sp³-hybridized carbons (Fsp3) is 0.250. The number of carbonyl (C=O) groups excluding carboxylic acids is 2. The molecule has 0 atom stereocenters. The summed E-state index contributed by atoms with van der Waals surface area (Å²) in [4.78, 5) is 24.3. The van der Waals surface area contributed by atoms with E-state index in [0.29, 0.717) is 35.3 Å². The second kappa shape index (κ2) is 16.0. The molecule has 0 saturated carbocycles. The molecule has 4 aromatic carbocycles. The highest BCUT2D eigenvalue weighted by Gasteiger charge is 2.11. The van der Waals surface area contributed by atoms with Crippen LogP contribution in [0, 0.1) is 23.0 Å². The van der Waals surface area contributed by atoms with Gasteiger partial charge in [-0.3, -0.25) is 9.59 Å². The molecule has 4 rings (SSSR count). The van der Waals surface area contributed by atoms with E-state index in [-0.39, 0.29) is 18.1 Å². The molecule has 0 saturated heterocycles. The fourth-order valence-electron chi connectivity index (χ4n) is 4.66. The molecule has 0 aromatic heterocycles. The first-order valence-electron chi connectivity index (χ1n) is 14.5. The Labute approximate surface area is 250 Å². The monoisotopic (exact) mass is 581 g/mol. The molecule has 0 unspecified atom stereocenters. The van der Waals surface area contributed by atoms with Gasteiger partial charge >= 0.3 is 11.9 Å². The zero-order valence-electron chi connectivity index (χ0n) is 23.9. The quantitative estimate of drug-likeness (QED) is 0.0843. The number of nitriles is 1. The molecule has 0 bridgehead atoms. The van der Waals surface area contributed by atoms with Crippen LogP contribution in [-0.2, 0) is 9.59 Å². The number of halogens is 2. The van der Waals surface area contributed by atoms with Crippen LogP contribution >= 0.6 is 0 Å². The average Bonchev–Trinajstić information content (AvgIpc) is 3.01. The number of carbonyl (C=O) groups is 2. The summed E-state index contributed by atoms with van der Waals surface area (Å²) in [6, 6.07) is 26.5. The molecular formula is C36H33F2NO4. The first kappa shape index (κ1) is 31.1. The van der Waals surface area contributed by atoms with Crippen LogP contribution in [0.1, 0.15) is 63.4 Å². The predicted octanol–water partition coefficient (Wildman–Crippen LogP) is 9.19. The Morgan fingerprint density at radius 3 is 1.58 bits per heavy atom. The Morgan fingerprint density at radius 1 is 0.581 bits per heavy atom. The molecule has 0 amide bonds. The van der Waals surface area contributed by atoms with E-state index in [9.17, 15) is 18.4 Å². The van der Waals surface area contributed by atoms with Gasteiger partial charge in [-0.1, -0.05) is 68.5 Å². The molecule has 0 fully saturated rings. The third-order valence-corrected chi connectivity index (χ3v) is 7.02. The van der Waals surface area contributed by atoms with Crippen LogP contribution in [0.2, 0.25) is 0 Å². The molecule has 43 heavy (non-hydrogen) atoms. The average molecular weight is 582 g/mol. The SMILES string of the molecule is N#Cc1ccc(-c2ccc(OC(=O)CCCCCCCCCC(=O)Oc3ccc(-c4ccc(F)cc4)c(F)c3)cc2)cc1. The maximum Gasteiger partial charge on any atom is 0.311 e. The van der Waals surface area contributed by atoms with Crippen LogP contribution in [-0.4, -0.2) is 11.9 Å². The molecule has 0 aliphatic rings. The Morgan fingerprint density at radius 2 is 1.05 bits per heavy atom. The molecule has 7 heteroatoms. The van der Waals surface area contributed by atoms with Gasteiger partial charge in [-0.05, 0) is 78.1 Å². The third-order valence-electron chi connectivity index (χ3n) is 7.02.